The van der Waals surface area contributed by atoms with Crippen molar-refractivity contribution in [3.63, 3.8) is 0 Å². The molecule has 22 heavy (non-hydrogen) atoms. The highest BCUT2D eigenvalue weighted by Gasteiger charge is 2.19. The highest BCUT2D eigenvalue weighted by atomic mass is 32.2. The molecule has 2 atom stereocenters. The van der Waals surface area contributed by atoms with Gasteiger partial charge in [0, 0.05) is 11.4 Å². The number of carbonyl (C=O) groups excluding carboxylic acids is 1. The normalized spacial score (nSPS) is 14.3. The molecule has 1 amide bonds. The summed E-state index contributed by atoms with van der Waals surface area (Å²) in [5, 5.41) is 22.7. The fourth-order valence-electron chi connectivity index (χ4n) is 1.82. The van der Waals surface area contributed by atoms with Crippen molar-refractivity contribution < 1.29 is 19.7 Å². The van der Waals surface area contributed by atoms with Crippen molar-refractivity contribution in [3.05, 3.63) is 29.8 Å². The van der Waals surface area contributed by atoms with E-state index >= 15 is 0 Å². The van der Waals surface area contributed by atoms with Crippen LogP contribution in [-0.2, 0) is 4.74 Å². The number of carbonyl (C=O) groups is 1. The van der Waals surface area contributed by atoms with Gasteiger partial charge < -0.3 is 20.3 Å². The molecule has 0 saturated carbocycles. The van der Waals surface area contributed by atoms with Crippen LogP contribution in [0.1, 0.15) is 38.9 Å². The molecule has 2 unspecified atom stereocenters. The van der Waals surface area contributed by atoms with Gasteiger partial charge in [-0.15, -0.1) is 11.8 Å². The predicted molar refractivity (Wildman–Crippen MR) is 88.0 cm³/mol. The lowest BCUT2D eigenvalue weighted by Crippen LogP contribution is -2.34. The van der Waals surface area contributed by atoms with E-state index < -0.39 is 23.9 Å². The van der Waals surface area contributed by atoms with Gasteiger partial charge in [0.15, 0.2) is 0 Å². The molecule has 0 aliphatic rings. The van der Waals surface area contributed by atoms with Crippen LogP contribution in [0.4, 0.5) is 4.79 Å². The molecule has 6 heteroatoms. The Morgan fingerprint density at radius 3 is 2.36 bits per heavy atom. The molecule has 0 saturated heterocycles. The van der Waals surface area contributed by atoms with Gasteiger partial charge in [0.1, 0.15) is 11.7 Å². The smallest absolute Gasteiger partial charge is 0.407 e. The van der Waals surface area contributed by atoms with Gasteiger partial charge in [-0.1, -0.05) is 12.1 Å². The predicted octanol–water partition coefficient (Wildman–Crippen LogP) is 2.72. The minimum absolute atomic E-state index is 0.232. The summed E-state index contributed by atoms with van der Waals surface area (Å²) >= 11 is 1.61. The fourth-order valence-corrected chi connectivity index (χ4v) is 2.23. The van der Waals surface area contributed by atoms with Crippen molar-refractivity contribution >= 4 is 17.9 Å². The van der Waals surface area contributed by atoms with E-state index in [0.717, 1.165) is 4.90 Å². The van der Waals surface area contributed by atoms with E-state index in [4.69, 9.17) is 4.74 Å². The number of nitrogens with one attached hydrogen (secondary N) is 1. The zero-order valence-corrected chi connectivity index (χ0v) is 14.3. The molecule has 1 rings (SSSR count). The molecular weight excluding hydrogens is 302 g/mol. The first kappa shape index (κ1) is 18.8. The minimum Gasteiger partial charge on any atom is -0.444 e. The summed E-state index contributed by atoms with van der Waals surface area (Å²) in [4.78, 5) is 12.6. The Balaban J connectivity index is 2.40. The molecule has 1 aromatic rings. The third-order valence-corrected chi connectivity index (χ3v) is 3.67. The number of hydrogen-bond donors (Lipinski definition) is 3. The zero-order valence-electron chi connectivity index (χ0n) is 13.5. The van der Waals surface area contributed by atoms with E-state index in [1.54, 1.807) is 44.7 Å². The van der Waals surface area contributed by atoms with Crippen molar-refractivity contribution in [1.29, 1.82) is 0 Å². The van der Waals surface area contributed by atoms with Crippen LogP contribution in [-0.4, -0.2) is 40.8 Å². The third kappa shape index (κ3) is 6.68. The van der Waals surface area contributed by atoms with Crippen LogP contribution in [0.3, 0.4) is 0 Å². The number of amides is 1. The number of thioether (sulfide) groups is 1. The average Bonchev–Trinajstić information content (AvgIpc) is 2.44. The highest BCUT2D eigenvalue weighted by molar-refractivity contribution is 7.98. The maximum atomic E-state index is 11.5. The van der Waals surface area contributed by atoms with Crippen molar-refractivity contribution in [2.24, 2.45) is 0 Å². The Morgan fingerprint density at radius 2 is 1.86 bits per heavy atom. The quantitative estimate of drug-likeness (QED) is 0.700. The molecule has 0 fully saturated rings. The van der Waals surface area contributed by atoms with Crippen molar-refractivity contribution in [3.8, 4) is 0 Å². The van der Waals surface area contributed by atoms with E-state index in [-0.39, 0.29) is 13.0 Å². The lowest BCUT2D eigenvalue weighted by molar-refractivity contribution is 0.0123. The molecule has 0 spiro atoms. The van der Waals surface area contributed by atoms with E-state index in [9.17, 15) is 15.0 Å². The molecule has 0 aromatic heterocycles. The number of aliphatic hydroxyl groups excluding tert-OH is 2. The van der Waals surface area contributed by atoms with Crippen LogP contribution < -0.4 is 5.32 Å². The van der Waals surface area contributed by atoms with Crippen molar-refractivity contribution in [1.82, 2.24) is 5.32 Å². The van der Waals surface area contributed by atoms with Crippen molar-refractivity contribution in [2.45, 2.75) is 49.9 Å². The Kier molecular flexibility index (Phi) is 7.19. The maximum absolute atomic E-state index is 11.5. The number of hydrogen-bond acceptors (Lipinski definition) is 5. The molecule has 0 radical (unpaired) electrons. The van der Waals surface area contributed by atoms with Crippen molar-refractivity contribution in [2.75, 3.05) is 12.8 Å². The molecule has 5 nitrogen and oxygen atoms in total. The highest BCUT2D eigenvalue weighted by Crippen LogP contribution is 2.22. The molecule has 124 valence electrons. The fraction of sp³-hybridized carbons (Fsp3) is 0.562. The molecular formula is C16H25NO4S. The first-order chi connectivity index (χ1) is 10.2. The average molecular weight is 327 g/mol. The second-order valence-corrected chi connectivity index (χ2v) is 6.88. The maximum Gasteiger partial charge on any atom is 0.407 e. The summed E-state index contributed by atoms with van der Waals surface area (Å²) in [6, 6.07) is 7.38. The molecule has 0 aliphatic carbocycles. The van der Waals surface area contributed by atoms with Crippen LogP contribution in [0.15, 0.2) is 29.2 Å². The lowest BCUT2D eigenvalue weighted by Gasteiger charge is -2.21. The second-order valence-electron chi connectivity index (χ2n) is 6.00. The van der Waals surface area contributed by atoms with Gasteiger partial charge in [0.2, 0.25) is 0 Å². The van der Waals surface area contributed by atoms with Gasteiger partial charge in [-0.25, -0.2) is 4.79 Å². The van der Waals surface area contributed by atoms with Gasteiger partial charge in [-0.05, 0) is 51.1 Å². The molecule has 3 N–H and O–H groups in total. The Bertz CT molecular complexity index is 470. The van der Waals surface area contributed by atoms with Gasteiger partial charge in [-0.3, -0.25) is 0 Å². The first-order valence-corrected chi connectivity index (χ1v) is 8.42. The van der Waals surface area contributed by atoms with E-state index in [0.29, 0.717) is 5.56 Å². The van der Waals surface area contributed by atoms with E-state index in [2.05, 4.69) is 5.32 Å². The number of benzene rings is 1. The summed E-state index contributed by atoms with van der Waals surface area (Å²) in [5.41, 5.74) is 0.101. The number of alkyl carbamates (subject to hydrolysis) is 1. The van der Waals surface area contributed by atoms with Gasteiger partial charge in [0.05, 0.1) is 6.10 Å². The Labute approximate surface area is 136 Å². The topological polar surface area (TPSA) is 78.8 Å². The lowest BCUT2D eigenvalue weighted by atomic mass is 10.0. The number of rotatable bonds is 6. The monoisotopic (exact) mass is 327 g/mol. The third-order valence-electron chi connectivity index (χ3n) is 2.93. The summed E-state index contributed by atoms with van der Waals surface area (Å²) in [6.45, 7) is 5.58. The second kappa shape index (κ2) is 8.41. The van der Waals surface area contributed by atoms with Crippen LogP contribution in [0.2, 0.25) is 0 Å². The molecule has 0 heterocycles. The molecule has 1 aromatic carbocycles. The first-order valence-electron chi connectivity index (χ1n) is 7.20. The number of ether oxygens (including phenoxy) is 1. The molecule has 0 aliphatic heterocycles. The van der Waals surface area contributed by atoms with E-state index in [1.807, 2.05) is 18.4 Å². The Hall–Kier alpha value is -1.24. The largest absolute Gasteiger partial charge is 0.444 e. The SMILES string of the molecule is CSc1ccc(C(O)C(O)CCNC(=O)OC(C)(C)C)cc1. The standard InChI is InChI=1S/C16H25NO4S/c1-16(2,3)21-15(20)17-10-9-13(18)14(19)11-5-7-12(22-4)8-6-11/h5-8,13-14,18-19H,9-10H2,1-4H3,(H,17,20). The van der Waals surface area contributed by atoms with Gasteiger partial charge >= 0.3 is 6.09 Å². The van der Waals surface area contributed by atoms with Crippen LogP contribution in [0, 0.1) is 0 Å². The van der Waals surface area contributed by atoms with Gasteiger partial charge in [0.25, 0.3) is 0 Å². The van der Waals surface area contributed by atoms with Crippen LogP contribution in [0.5, 0.6) is 0 Å². The van der Waals surface area contributed by atoms with Gasteiger partial charge in [-0.2, -0.15) is 0 Å². The zero-order chi connectivity index (χ0) is 16.8. The number of aliphatic hydroxyl groups is 2. The summed E-state index contributed by atoms with van der Waals surface area (Å²) in [7, 11) is 0. The summed E-state index contributed by atoms with van der Waals surface area (Å²) < 4.78 is 5.09. The Morgan fingerprint density at radius 1 is 1.27 bits per heavy atom. The van der Waals surface area contributed by atoms with E-state index in [1.165, 1.54) is 0 Å². The summed E-state index contributed by atoms with van der Waals surface area (Å²) in [6.07, 6.45) is -0.238. The minimum atomic E-state index is -0.976. The molecule has 0 bridgehead atoms. The summed E-state index contributed by atoms with van der Waals surface area (Å²) in [5.74, 6) is 0. The van der Waals surface area contributed by atoms with Crippen LogP contribution >= 0.6 is 11.8 Å². The van der Waals surface area contributed by atoms with Crippen LogP contribution in [0.25, 0.3) is 0 Å².